The summed E-state index contributed by atoms with van der Waals surface area (Å²) in [5.41, 5.74) is 0. The smallest absolute Gasteiger partial charge is 0.268 e. The highest BCUT2D eigenvalue weighted by molar-refractivity contribution is 7.45. The molecule has 1 N–H and O–H groups in total. The van der Waals surface area contributed by atoms with E-state index in [1.165, 1.54) is 97.0 Å². The van der Waals surface area contributed by atoms with Crippen LogP contribution in [0.3, 0.4) is 0 Å². The van der Waals surface area contributed by atoms with Crippen molar-refractivity contribution in [2.75, 3.05) is 54.6 Å². The normalized spacial score (nSPS) is 23.4. The summed E-state index contributed by atoms with van der Waals surface area (Å²) in [4.78, 5) is 12.0. The predicted molar refractivity (Wildman–Crippen MR) is 153 cm³/mol. The van der Waals surface area contributed by atoms with Gasteiger partial charge in [0.15, 0.2) is 6.29 Å². The standard InChI is InChI=1S/C29H60NO8P/c1-6-7-8-9-10-11-12-13-14-15-16-17-18-19-20-21-23-35-28-27(31)26(38-29(28)34-5)25-37-39(32,33)36-24-22-30(2,3)4/h26-29,31H,6-25H2,1-5H3/t26-,27+,28-,29+/m1/s1. The number of unbranched alkanes of at least 4 members (excludes halogenated alkanes) is 15. The first-order valence-electron chi connectivity index (χ1n) is 15.5. The van der Waals surface area contributed by atoms with Crippen molar-refractivity contribution in [2.45, 2.75) is 134 Å². The molecule has 1 heterocycles. The number of phosphoric ester groups is 1. The molecule has 234 valence electrons. The van der Waals surface area contributed by atoms with Crippen LogP contribution >= 0.6 is 7.82 Å². The lowest BCUT2D eigenvalue weighted by atomic mass is 10.0. The number of aliphatic hydroxyl groups is 1. The molecule has 0 spiro atoms. The summed E-state index contributed by atoms with van der Waals surface area (Å²) in [6.45, 7) is 2.93. The Morgan fingerprint density at radius 2 is 1.28 bits per heavy atom. The highest BCUT2D eigenvalue weighted by atomic mass is 31.2. The molecule has 0 aromatic carbocycles. The van der Waals surface area contributed by atoms with Crippen molar-refractivity contribution in [3.8, 4) is 0 Å². The van der Waals surface area contributed by atoms with E-state index >= 15 is 0 Å². The third-order valence-corrected chi connectivity index (χ3v) is 8.21. The van der Waals surface area contributed by atoms with Crippen molar-refractivity contribution < 1.29 is 42.3 Å². The molecular formula is C29H60NO8P. The minimum absolute atomic E-state index is 0.0180. The first-order valence-corrected chi connectivity index (χ1v) is 16.9. The zero-order valence-electron chi connectivity index (χ0n) is 25.7. The summed E-state index contributed by atoms with van der Waals surface area (Å²) in [7, 11) is 2.79. The number of nitrogens with zero attached hydrogens (tertiary/aromatic N) is 1. The first-order chi connectivity index (χ1) is 18.6. The Morgan fingerprint density at radius 1 is 0.795 bits per heavy atom. The lowest BCUT2D eigenvalue weighted by Gasteiger charge is -2.28. The number of rotatable bonds is 26. The molecule has 0 bridgehead atoms. The molecule has 0 amide bonds. The van der Waals surface area contributed by atoms with E-state index in [1.807, 2.05) is 21.1 Å². The van der Waals surface area contributed by atoms with Gasteiger partial charge in [-0.2, -0.15) is 0 Å². The van der Waals surface area contributed by atoms with Gasteiger partial charge in [0.25, 0.3) is 7.82 Å². The highest BCUT2D eigenvalue weighted by Crippen LogP contribution is 2.39. The van der Waals surface area contributed by atoms with Gasteiger partial charge in [0.05, 0.1) is 27.7 Å². The van der Waals surface area contributed by atoms with Crippen LogP contribution in [0.2, 0.25) is 0 Å². The number of aliphatic hydroxyl groups excluding tert-OH is 1. The van der Waals surface area contributed by atoms with Crippen molar-refractivity contribution in [2.24, 2.45) is 0 Å². The number of hydrogen-bond acceptors (Lipinski definition) is 8. The van der Waals surface area contributed by atoms with Crippen LogP contribution in [0.15, 0.2) is 0 Å². The maximum atomic E-state index is 12.0. The molecule has 1 fully saturated rings. The Morgan fingerprint density at radius 3 is 1.74 bits per heavy atom. The second-order valence-electron chi connectivity index (χ2n) is 12.0. The van der Waals surface area contributed by atoms with E-state index in [0.717, 1.165) is 12.8 Å². The van der Waals surface area contributed by atoms with Crippen LogP contribution in [-0.4, -0.2) is 88.8 Å². The van der Waals surface area contributed by atoms with E-state index in [2.05, 4.69) is 6.92 Å². The van der Waals surface area contributed by atoms with Gasteiger partial charge < -0.3 is 37.7 Å². The molecular weight excluding hydrogens is 521 g/mol. The van der Waals surface area contributed by atoms with Gasteiger partial charge in [-0.1, -0.05) is 103 Å². The van der Waals surface area contributed by atoms with E-state index in [-0.39, 0.29) is 13.2 Å². The summed E-state index contributed by atoms with van der Waals surface area (Å²) >= 11 is 0. The molecule has 0 radical (unpaired) electrons. The second kappa shape index (κ2) is 21.6. The number of hydrogen-bond donors (Lipinski definition) is 1. The quantitative estimate of drug-likeness (QED) is 0.0803. The van der Waals surface area contributed by atoms with Gasteiger partial charge in [0, 0.05) is 13.7 Å². The van der Waals surface area contributed by atoms with Gasteiger partial charge in [-0.05, 0) is 6.42 Å². The zero-order chi connectivity index (χ0) is 29.0. The average molecular weight is 582 g/mol. The van der Waals surface area contributed by atoms with Gasteiger partial charge in [0.1, 0.15) is 31.5 Å². The van der Waals surface area contributed by atoms with Crippen LogP contribution in [0.4, 0.5) is 0 Å². The Bertz CT molecular complexity index is 633. The fraction of sp³-hybridized carbons (Fsp3) is 1.00. The van der Waals surface area contributed by atoms with E-state index in [0.29, 0.717) is 17.6 Å². The van der Waals surface area contributed by atoms with Crippen molar-refractivity contribution in [3.63, 3.8) is 0 Å². The molecule has 5 atom stereocenters. The van der Waals surface area contributed by atoms with Gasteiger partial charge in [-0.15, -0.1) is 0 Å². The first kappa shape index (κ1) is 36.9. The maximum absolute atomic E-state index is 12.0. The van der Waals surface area contributed by atoms with Gasteiger partial charge in [-0.25, -0.2) is 0 Å². The van der Waals surface area contributed by atoms with Crippen molar-refractivity contribution in [1.82, 2.24) is 0 Å². The van der Waals surface area contributed by atoms with Crippen LogP contribution in [0.25, 0.3) is 0 Å². The molecule has 0 aliphatic carbocycles. The summed E-state index contributed by atoms with van der Waals surface area (Å²) in [6, 6.07) is 0. The fourth-order valence-electron chi connectivity index (χ4n) is 4.71. The third kappa shape index (κ3) is 18.9. The monoisotopic (exact) mass is 581 g/mol. The molecule has 1 unspecified atom stereocenters. The number of quaternary nitrogens is 1. The molecule has 0 saturated carbocycles. The van der Waals surface area contributed by atoms with Crippen molar-refractivity contribution >= 4 is 7.82 Å². The molecule has 39 heavy (non-hydrogen) atoms. The Hall–Kier alpha value is -0.0900. The summed E-state index contributed by atoms with van der Waals surface area (Å²) in [6.07, 6.45) is 17.5. The number of ether oxygens (including phenoxy) is 3. The number of methoxy groups -OCH3 is 1. The van der Waals surface area contributed by atoms with E-state index < -0.39 is 32.4 Å². The Labute approximate surface area is 239 Å². The third-order valence-electron chi connectivity index (χ3n) is 7.24. The molecule has 9 nitrogen and oxygen atoms in total. The summed E-state index contributed by atoms with van der Waals surface area (Å²) < 4.78 is 39.3. The largest absolute Gasteiger partial charge is 0.756 e. The zero-order valence-corrected chi connectivity index (χ0v) is 26.5. The Balaban J connectivity index is 2.07. The fourth-order valence-corrected chi connectivity index (χ4v) is 5.41. The SMILES string of the molecule is CCCCCCCCCCCCCCCCCCO[C@H]1[C@@H](OC)O[C@H](COP(=O)([O-])OCC[N+](C)(C)C)[C@@H]1O. The average Bonchev–Trinajstić information content (AvgIpc) is 3.18. The molecule has 1 aliphatic rings. The van der Waals surface area contributed by atoms with Crippen LogP contribution in [0, 0.1) is 0 Å². The number of phosphoric acid groups is 1. The predicted octanol–water partition coefficient (Wildman–Crippen LogP) is 5.57. The van der Waals surface area contributed by atoms with Crippen LogP contribution < -0.4 is 4.89 Å². The molecule has 0 aromatic heterocycles. The summed E-state index contributed by atoms with van der Waals surface area (Å²) in [5.74, 6) is 0. The Kier molecular flexibility index (Phi) is 20.4. The highest BCUT2D eigenvalue weighted by Gasteiger charge is 2.45. The second-order valence-corrected chi connectivity index (χ2v) is 13.4. The molecule has 10 heteroatoms. The van der Waals surface area contributed by atoms with E-state index in [1.54, 1.807) is 0 Å². The molecule has 0 aromatic rings. The summed E-state index contributed by atoms with van der Waals surface area (Å²) in [5, 5.41) is 10.6. The van der Waals surface area contributed by atoms with E-state index in [4.69, 9.17) is 23.3 Å². The molecule has 1 rings (SSSR count). The minimum atomic E-state index is -4.49. The van der Waals surface area contributed by atoms with Gasteiger partial charge >= 0.3 is 0 Å². The van der Waals surface area contributed by atoms with Crippen LogP contribution in [-0.2, 0) is 27.8 Å². The van der Waals surface area contributed by atoms with E-state index in [9.17, 15) is 14.6 Å². The van der Waals surface area contributed by atoms with Gasteiger partial charge in [-0.3, -0.25) is 4.57 Å². The van der Waals surface area contributed by atoms with Crippen LogP contribution in [0.5, 0.6) is 0 Å². The number of likely N-dealkylation sites (N-methyl/N-ethyl adjacent to an activating group) is 1. The minimum Gasteiger partial charge on any atom is -0.756 e. The molecule has 1 aliphatic heterocycles. The lowest BCUT2D eigenvalue weighted by molar-refractivity contribution is -0.870. The lowest BCUT2D eigenvalue weighted by Crippen LogP contribution is -2.38. The molecule has 1 saturated heterocycles. The van der Waals surface area contributed by atoms with Crippen LogP contribution in [0.1, 0.15) is 110 Å². The topological polar surface area (TPSA) is 107 Å². The van der Waals surface area contributed by atoms with Crippen molar-refractivity contribution in [1.29, 1.82) is 0 Å². The van der Waals surface area contributed by atoms with Gasteiger partial charge in [0.2, 0.25) is 0 Å². The maximum Gasteiger partial charge on any atom is 0.268 e. The van der Waals surface area contributed by atoms with Crippen molar-refractivity contribution in [3.05, 3.63) is 0 Å².